The molecule has 2 aromatic rings. The molecule has 110 valence electrons. The van der Waals surface area contributed by atoms with E-state index in [1.54, 1.807) is 24.3 Å². The molecule has 2 rings (SSSR count). The number of amides is 1. The number of halogens is 1. The number of benzene rings is 1. The molecule has 0 saturated carbocycles. The molecule has 0 aliphatic rings. The van der Waals surface area contributed by atoms with E-state index in [1.165, 1.54) is 12.3 Å². The van der Waals surface area contributed by atoms with Crippen molar-refractivity contribution >= 4 is 11.6 Å². The standard InChI is InChI=1S/C15H16FN3O2/c1-10(14-6-5-11(16)8-18-14)19-12-3-2-4-13(7-12)21-9-15(17)20/h2-8,10,19H,9H2,1H3,(H2,17,20). The number of pyridine rings is 1. The van der Waals surface area contributed by atoms with Crippen molar-refractivity contribution in [3.05, 3.63) is 54.1 Å². The molecule has 1 atom stereocenters. The van der Waals surface area contributed by atoms with Crippen molar-refractivity contribution in [3.8, 4) is 5.75 Å². The average Bonchev–Trinajstić information content (AvgIpc) is 2.46. The van der Waals surface area contributed by atoms with Gasteiger partial charge in [-0.25, -0.2) is 4.39 Å². The first-order valence-electron chi connectivity index (χ1n) is 6.44. The first-order valence-corrected chi connectivity index (χ1v) is 6.44. The number of aromatic nitrogens is 1. The molecule has 5 nitrogen and oxygen atoms in total. The van der Waals surface area contributed by atoms with E-state index in [2.05, 4.69) is 10.3 Å². The number of nitrogens with zero attached hydrogens (tertiary/aromatic N) is 1. The first-order chi connectivity index (χ1) is 10.0. The third-order valence-corrected chi connectivity index (χ3v) is 2.79. The van der Waals surface area contributed by atoms with Crippen LogP contribution in [0.25, 0.3) is 0 Å². The van der Waals surface area contributed by atoms with Crippen molar-refractivity contribution < 1.29 is 13.9 Å². The van der Waals surface area contributed by atoms with Gasteiger partial charge in [-0.3, -0.25) is 9.78 Å². The Bertz CT molecular complexity index is 617. The van der Waals surface area contributed by atoms with Gasteiger partial charge in [0.2, 0.25) is 0 Å². The number of nitrogens with two attached hydrogens (primary N) is 1. The quantitative estimate of drug-likeness (QED) is 0.855. The number of rotatable bonds is 6. The summed E-state index contributed by atoms with van der Waals surface area (Å²) in [4.78, 5) is 14.7. The average molecular weight is 289 g/mol. The van der Waals surface area contributed by atoms with Gasteiger partial charge in [0.1, 0.15) is 11.6 Å². The van der Waals surface area contributed by atoms with Crippen LogP contribution in [0.1, 0.15) is 18.7 Å². The highest BCUT2D eigenvalue weighted by atomic mass is 19.1. The number of carbonyl (C=O) groups excluding carboxylic acids is 1. The third-order valence-electron chi connectivity index (χ3n) is 2.79. The van der Waals surface area contributed by atoms with E-state index in [1.807, 2.05) is 13.0 Å². The van der Waals surface area contributed by atoms with Gasteiger partial charge in [-0.2, -0.15) is 0 Å². The first kappa shape index (κ1) is 14.8. The van der Waals surface area contributed by atoms with Gasteiger partial charge in [0, 0.05) is 11.8 Å². The molecule has 0 aliphatic carbocycles. The molecule has 3 N–H and O–H groups in total. The predicted octanol–water partition coefficient (Wildman–Crippen LogP) is 2.26. The minimum Gasteiger partial charge on any atom is -0.484 e. The normalized spacial score (nSPS) is 11.7. The summed E-state index contributed by atoms with van der Waals surface area (Å²) in [6, 6.07) is 10.0. The Kier molecular flexibility index (Phi) is 4.71. The fourth-order valence-electron chi connectivity index (χ4n) is 1.80. The molecule has 6 heteroatoms. The topological polar surface area (TPSA) is 77.2 Å². The molecular formula is C15H16FN3O2. The van der Waals surface area contributed by atoms with E-state index in [-0.39, 0.29) is 18.5 Å². The van der Waals surface area contributed by atoms with Crippen molar-refractivity contribution in [2.75, 3.05) is 11.9 Å². The van der Waals surface area contributed by atoms with Crippen molar-refractivity contribution in [2.24, 2.45) is 5.73 Å². The maximum absolute atomic E-state index is 12.8. The van der Waals surface area contributed by atoms with Crippen LogP contribution in [0.2, 0.25) is 0 Å². The Labute approximate surface area is 121 Å². The highest BCUT2D eigenvalue weighted by Crippen LogP contribution is 2.22. The minimum atomic E-state index is -0.530. The van der Waals surface area contributed by atoms with Gasteiger partial charge >= 0.3 is 0 Å². The molecule has 1 amide bonds. The predicted molar refractivity (Wildman–Crippen MR) is 77.4 cm³/mol. The fourth-order valence-corrected chi connectivity index (χ4v) is 1.80. The van der Waals surface area contributed by atoms with Gasteiger partial charge < -0.3 is 15.8 Å². The van der Waals surface area contributed by atoms with Crippen molar-refractivity contribution in [3.63, 3.8) is 0 Å². The molecule has 0 bridgehead atoms. The van der Waals surface area contributed by atoms with E-state index in [4.69, 9.17) is 10.5 Å². The van der Waals surface area contributed by atoms with Crippen LogP contribution in [0.4, 0.5) is 10.1 Å². The van der Waals surface area contributed by atoms with Gasteiger partial charge in [-0.15, -0.1) is 0 Å². The molecule has 1 unspecified atom stereocenters. The molecule has 0 aliphatic heterocycles. The Morgan fingerprint density at radius 3 is 2.90 bits per heavy atom. The lowest BCUT2D eigenvalue weighted by Crippen LogP contribution is -2.20. The summed E-state index contributed by atoms with van der Waals surface area (Å²) in [7, 11) is 0. The SMILES string of the molecule is CC(Nc1cccc(OCC(N)=O)c1)c1ccc(F)cn1. The monoisotopic (exact) mass is 289 g/mol. The summed E-state index contributed by atoms with van der Waals surface area (Å²) < 4.78 is 18.1. The maximum atomic E-state index is 12.8. The Balaban J connectivity index is 2.03. The van der Waals surface area contributed by atoms with Crippen molar-refractivity contribution in [1.29, 1.82) is 0 Å². The minimum absolute atomic E-state index is 0.100. The van der Waals surface area contributed by atoms with E-state index < -0.39 is 5.91 Å². The maximum Gasteiger partial charge on any atom is 0.255 e. The summed E-state index contributed by atoms with van der Waals surface area (Å²) in [6.07, 6.45) is 1.18. The van der Waals surface area contributed by atoms with Crippen molar-refractivity contribution in [2.45, 2.75) is 13.0 Å². The zero-order valence-electron chi connectivity index (χ0n) is 11.5. The number of anilines is 1. The number of hydrogen-bond acceptors (Lipinski definition) is 4. The Morgan fingerprint density at radius 2 is 2.24 bits per heavy atom. The van der Waals surface area contributed by atoms with E-state index in [9.17, 15) is 9.18 Å². The molecule has 1 aromatic carbocycles. The van der Waals surface area contributed by atoms with Crippen LogP contribution in [0.15, 0.2) is 42.6 Å². The lowest BCUT2D eigenvalue weighted by Gasteiger charge is -2.15. The second kappa shape index (κ2) is 6.69. The van der Waals surface area contributed by atoms with Crippen LogP contribution in [-0.2, 0) is 4.79 Å². The summed E-state index contributed by atoms with van der Waals surface area (Å²) in [6.45, 7) is 1.75. The second-order valence-electron chi connectivity index (χ2n) is 4.55. The van der Waals surface area contributed by atoms with Crippen LogP contribution in [-0.4, -0.2) is 17.5 Å². The molecule has 0 fully saturated rings. The Morgan fingerprint density at radius 1 is 1.43 bits per heavy atom. The van der Waals surface area contributed by atoms with Crippen LogP contribution in [0.5, 0.6) is 5.75 Å². The van der Waals surface area contributed by atoms with Gasteiger partial charge in [0.05, 0.1) is 17.9 Å². The Hall–Kier alpha value is -2.63. The number of carbonyl (C=O) groups is 1. The van der Waals surface area contributed by atoms with Crippen LogP contribution < -0.4 is 15.8 Å². The van der Waals surface area contributed by atoms with Gasteiger partial charge in [-0.1, -0.05) is 6.07 Å². The second-order valence-corrected chi connectivity index (χ2v) is 4.55. The molecular weight excluding hydrogens is 273 g/mol. The summed E-state index contributed by atoms with van der Waals surface area (Å²) in [5.74, 6) is -0.358. The number of nitrogens with one attached hydrogen (secondary N) is 1. The highest BCUT2D eigenvalue weighted by molar-refractivity contribution is 5.75. The number of primary amides is 1. The van der Waals surface area contributed by atoms with Gasteiger partial charge in [0.15, 0.2) is 6.61 Å². The van der Waals surface area contributed by atoms with Crippen molar-refractivity contribution in [1.82, 2.24) is 4.98 Å². The highest BCUT2D eigenvalue weighted by Gasteiger charge is 2.07. The molecule has 21 heavy (non-hydrogen) atoms. The molecule has 0 saturated heterocycles. The van der Waals surface area contributed by atoms with E-state index >= 15 is 0 Å². The third kappa shape index (κ3) is 4.45. The molecule has 1 heterocycles. The number of hydrogen-bond donors (Lipinski definition) is 2. The summed E-state index contributed by atoms with van der Waals surface area (Å²) in [5.41, 5.74) is 6.55. The van der Waals surface area contributed by atoms with Crippen LogP contribution >= 0.6 is 0 Å². The zero-order chi connectivity index (χ0) is 15.2. The largest absolute Gasteiger partial charge is 0.484 e. The van der Waals surface area contributed by atoms with Crippen LogP contribution in [0, 0.1) is 5.82 Å². The van der Waals surface area contributed by atoms with E-state index in [0.29, 0.717) is 5.75 Å². The lowest BCUT2D eigenvalue weighted by molar-refractivity contribution is -0.119. The van der Waals surface area contributed by atoms with Gasteiger partial charge in [-0.05, 0) is 31.2 Å². The van der Waals surface area contributed by atoms with Gasteiger partial charge in [0.25, 0.3) is 5.91 Å². The number of ether oxygens (including phenoxy) is 1. The van der Waals surface area contributed by atoms with E-state index in [0.717, 1.165) is 11.4 Å². The molecule has 1 aromatic heterocycles. The lowest BCUT2D eigenvalue weighted by atomic mass is 10.2. The van der Waals surface area contributed by atoms with Crippen LogP contribution in [0.3, 0.4) is 0 Å². The summed E-state index contributed by atoms with van der Waals surface area (Å²) >= 11 is 0. The summed E-state index contributed by atoms with van der Waals surface area (Å²) in [5, 5.41) is 3.22. The smallest absolute Gasteiger partial charge is 0.255 e. The molecule has 0 spiro atoms. The molecule has 0 radical (unpaired) electrons. The fraction of sp³-hybridized carbons (Fsp3) is 0.200. The zero-order valence-corrected chi connectivity index (χ0v) is 11.5.